The van der Waals surface area contributed by atoms with Crippen LogP contribution in [0.4, 0.5) is 5.69 Å². The Morgan fingerprint density at radius 1 is 1.13 bits per heavy atom. The van der Waals surface area contributed by atoms with Gasteiger partial charge in [-0.3, -0.25) is 4.79 Å². The van der Waals surface area contributed by atoms with E-state index in [0.717, 1.165) is 33.3 Å². The molecular weight excluding hydrogens is 416 g/mol. The molecule has 4 aromatic rings. The van der Waals surface area contributed by atoms with Crippen LogP contribution in [0.25, 0.3) is 16.4 Å². The molecule has 0 atom stereocenters. The van der Waals surface area contributed by atoms with Crippen molar-refractivity contribution >= 4 is 34.5 Å². The summed E-state index contributed by atoms with van der Waals surface area (Å²) in [5.74, 6) is -0.109. The summed E-state index contributed by atoms with van der Waals surface area (Å²) in [7, 11) is 0. The molecule has 30 heavy (non-hydrogen) atoms. The van der Waals surface area contributed by atoms with Crippen LogP contribution in [0.2, 0.25) is 5.02 Å². The van der Waals surface area contributed by atoms with Gasteiger partial charge in [-0.05, 0) is 39.0 Å². The highest BCUT2D eigenvalue weighted by molar-refractivity contribution is 7.12. The van der Waals surface area contributed by atoms with Crippen LogP contribution in [0.3, 0.4) is 0 Å². The summed E-state index contributed by atoms with van der Waals surface area (Å²) in [4.78, 5) is 17.3. The second-order valence-electron chi connectivity index (χ2n) is 7.18. The number of amides is 1. The molecule has 2 aromatic carbocycles. The molecular formula is C23H21ClN4OS. The lowest BCUT2D eigenvalue weighted by Gasteiger charge is -2.06. The van der Waals surface area contributed by atoms with Crippen molar-refractivity contribution in [1.82, 2.24) is 14.8 Å². The Morgan fingerprint density at radius 2 is 1.90 bits per heavy atom. The molecule has 0 spiro atoms. The molecule has 0 bridgehead atoms. The highest BCUT2D eigenvalue weighted by atomic mass is 35.5. The standard InChI is InChI=1S/C23H21ClN4OS/c1-14-7-9-17(10-8-14)21-13-30-23(26-21)28-16(3)20(15(2)27-28)12-22(29)25-19-6-4-5-18(24)11-19/h4-11,13H,12H2,1-3H3,(H,25,29). The Labute approximate surface area is 184 Å². The van der Waals surface area contributed by atoms with Crippen LogP contribution in [0, 0.1) is 20.8 Å². The van der Waals surface area contributed by atoms with E-state index in [1.165, 1.54) is 16.9 Å². The van der Waals surface area contributed by atoms with Crippen LogP contribution in [0.5, 0.6) is 0 Å². The predicted octanol–water partition coefficient (Wildman–Crippen LogP) is 5.76. The van der Waals surface area contributed by atoms with Crippen LogP contribution in [0.15, 0.2) is 53.9 Å². The van der Waals surface area contributed by atoms with Gasteiger partial charge in [-0.2, -0.15) is 5.10 Å². The van der Waals surface area contributed by atoms with E-state index in [1.807, 2.05) is 30.0 Å². The van der Waals surface area contributed by atoms with Gasteiger partial charge in [0.15, 0.2) is 0 Å². The van der Waals surface area contributed by atoms with E-state index in [0.29, 0.717) is 10.7 Å². The molecule has 152 valence electrons. The van der Waals surface area contributed by atoms with Crippen molar-refractivity contribution in [2.45, 2.75) is 27.2 Å². The first-order chi connectivity index (χ1) is 14.4. The van der Waals surface area contributed by atoms with Gasteiger partial charge in [0, 0.05) is 32.9 Å². The SMILES string of the molecule is Cc1ccc(-c2csc(-n3nc(C)c(CC(=O)Nc4cccc(Cl)c4)c3C)n2)cc1. The van der Waals surface area contributed by atoms with E-state index in [9.17, 15) is 4.79 Å². The Balaban J connectivity index is 1.55. The molecule has 0 unspecified atom stereocenters. The van der Waals surface area contributed by atoms with Crippen molar-refractivity contribution in [3.8, 4) is 16.4 Å². The van der Waals surface area contributed by atoms with Crippen LogP contribution < -0.4 is 5.32 Å². The van der Waals surface area contributed by atoms with Gasteiger partial charge in [-0.25, -0.2) is 9.67 Å². The fourth-order valence-corrected chi connectivity index (χ4v) is 4.29. The van der Waals surface area contributed by atoms with Crippen molar-refractivity contribution in [2.24, 2.45) is 0 Å². The highest BCUT2D eigenvalue weighted by Gasteiger charge is 2.18. The van der Waals surface area contributed by atoms with Gasteiger partial charge in [0.25, 0.3) is 0 Å². The number of aryl methyl sites for hydroxylation is 2. The Bertz CT molecular complexity index is 1210. The maximum absolute atomic E-state index is 12.6. The number of hydrogen-bond donors (Lipinski definition) is 1. The minimum atomic E-state index is -0.109. The number of nitrogens with one attached hydrogen (secondary N) is 1. The quantitative estimate of drug-likeness (QED) is 0.433. The Kier molecular flexibility index (Phi) is 5.70. The number of hydrogen-bond acceptors (Lipinski definition) is 4. The van der Waals surface area contributed by atoms with E-state index in [2.05, 4.69) is 41.6 Å². The first-order valence-electron chi connectivity index (χ1n) is 9.54. The predicted molar refractivity (Wildman–Crippen MR) is 123 cm³/mol. The van der Waals surface area contributed by atoms with Gasteiger partial charge in [0.05, 0.1) is 17.8 Å². The van der Waals surface area contributed by atoms with Gasteiger partial charge >= 0.3 is 0 Å². The average molecular weight is 437 g/mol. The normalized spacial score (nSPS) is 10.9. The lowest BCUT2D eigenvalue weighted by atomic mass is 10.1. The van der Waals surface area contributed by atoms with Gasteiger partial charge in [0.1, 0.15) is 0 Å². The number of rotatable bonds is 5. The van der Waals surface area contributed by atoms with Gasteiger partial charge < -0.3 is 5.32 Å². The molecule has 5 nitrogen and oxygen atoms in total. The molecule has 0 saturated heterocycles. The van der Waals surface area contributed by atoms with E-state index >= 15 is 0 Å². The Hall–Kier alpha value is -2.96. The van der Waals surface area contributed by atoms with E-state index in [1.54, 1.807) is 18.2 Å². The third kappa shape index (κ3) is 4.30. The minimum absolute atomic E-state index is 0.109. The maximum Gasteiger partial charge on any atom is 0.228 e. The van der Waals surface area contributed by atoms with Crippen LogP contribution in [-0.2, 0) is 11.2 Å². The second-order valence-corrected chi connectivity index (χ2v) is 8.45. The van der Waals surface area contributed by atoms with E-state index in [4.69, 9.17) is 16.6 Å². The van der Waals surface area contributed by atoms with Gasteiger partial charge in [-0.1, -0.05) is 47.5 Å². The molecule has 2 aromatic heterocycles. The van der Waals surface area contributed by atoms with Crippen molar-refractivity contribution in [3.05, 3.63) is 81.4 Å². The summed E-state index contributed by atoms with van der Waals surface area (Å²) in [5.41, 5.74) is 6.53. The first-order valence-corrected chi connectivity index (χ1v) is 10.8. The van der Waals surface area contributed by atoms with E-state index in [-0.39, 0.29) is 12.3 Å². The molecule has 1 N–H and O–H groups in total. The molecule has 7 heteroatoms. The number of thiazole rings is 1. The lowest BCUT2D eigenvalue weighted by Crippen LogP contribution is -2.15. The molecule has 1 amide bonds. The molecule has 0 aliphatic carbocycles. The zero-order valence-corrected chi connectivity index (χ0v) is 18.5. The fraction of sp³-hybridized carbons (Fsp3) is 0.174. The molecule has 0 aliphatic heterocycles. The zero-order valence-electron chi connectivity index (χ0n) is 16.9. The fourth-order valence-electron chi connectivity index (χ4n) is 3.27. The zero-order chi connectivity index (χ0) is 21.3. The summed E-state index contributed by atoms with van der Waals surface area (Å²) >= 11 is 7.53. The Morgan fingerprint density at radius 3 is 2.63 bits per heavy atom. The van der Waals surface area contributed by atoms with Crippen molar-refractivity contribution in [1.29, 1.82) is 0 Å². The lowest BCUT2D eigenvalue weighted by molar-refractivity contribution is -0.115. The number of aromatic nitrogens is 3. The molecule has 0 saturated carbocycles. The number of anilines is 1. The average Bonchev–Trinajstić information content (AvgIpc) is 3.29. The number of carbonyl (C=O) groups is 1. The molecule has 4 rings (SSSR count). The van der Waals surface area contributed by atoms with Crippen molar-refractivity contribution in [3.63, 3.8) is 0 Å². The minimum Gasteiger partial charge on any atom is -0.326 e. The molecule has 0 fully saturated rings. The monoisotopic (exact) mass is 436 g/mol. The topological polar surface area (TPSA) is 59.8 Å². The third-order valence-corrected chi connectivity index (χ3v) is 5.96. The smallest absolute Gasteiger partial charge is 0.228 e. The van der Waals surface area contributed by atoms with Crippen LogP contribution in [-0.4, -0.2) is 20.7 Å². The summed E-state index contributed by atoms with van der Waals surface area (Å²) < 4.78 is 1.82. The number of carbonyl (C=O) groups excluding carboxylic acids is 1. The largest absolute Gasteiger partial charge is 0.326 e. The molecule has 0 aliphatic rings. The summed E-state index contributed by atoms with van der Waals surface area (Å²) in [6.45, 7) is 5.95. The number of nitrogens with zero attached hydrogens (tertiary/aromatic N) is 3. The van der Waals surface area contributed by atoms with Crippen molar-refractivity contribution in [2.75, 3.05) is 5.32 Å². The maximum atomic E-state index is 12.6. The van der Waals surface area contributed by atoms with Crippen LogP contribution in [0.1, 0.15) is 22.5 Å². The number of benzene rings is 2. The van der Waals surface area contributed by atoms with Crippen LogP contribution >= 0.6 is 22.9 Å². The van der Waals surface area contributed by atoms with Gasteiger partial charge in [0.2, 0.25) is 11.0 Å². The molecule has 2 heterocycles. The third-order valence-electron chi connectivity index (χ3n) is 4.91. The number of halogens is 1. The van der Waals surface area contributed by atoms with Crippen molar-refractivity contribution < 1.29 is 4.79 Å². The second kappa shape index (κ2) is 8.42. The molecule has 0 radical (unpaired) electrons. The van der Waals surface area contributed by atoms with Gasteiger partial charge in [-0.15, -0.1) is 11.3 Å². The summed E-state index contributed by atoms with van der Waals surface area (Å²) in [5, 5.41) is 10.9. The first kappa shape index (κ1) is 20.3. The highest BCUT2D eigenvalue weighted by Crippen LogP contribution is 2.27. The summed E-state index contributed by atoms with van der Waals surface area (Å²) in [6, 6.07) is 15.4. The van der Waals surface area contributed by atoms with E-state index < -0.39 is 0 Å². The summed E-state index contributed by atoms with van der Waals surface area (Å²) in [6.07, 6.45) is 0.236.